The zero-order chi connectivity index (χ0) is 13.3. The van der Waals surface area contributed by atoms with E-state index in [-0.39, 0.29) is 17.7 Å². The number of ketones is 1. The molecule has 0 spiro atoms. The minimum Gasteiger partial charge on any atom is -0.508 e. The molecule has 0 unspecified atom stereocenters. The molecule has 1 saturated heterocycles. The number of Topliss-reactive ketones (excluding diaryl/α,β-unsaturated/α-hetero) is 1. The van der Waals surface area contributed by atoms with E-state index in [1.54, 1.807) is 19.1 Å². The van der Waals surface area contributed by atoms with E-state index in [0.29, 0.717) is 11.1 Å². The maximum atomic E-state index is 11.6. The number of phenolic OH excluding ortho intramolecular Hbond substituents is 1. The lowest BCUT2D eigenvalue weighted by Gasteiger charge is -2.12. The fourth-order valence-electron chi connectivity index (χ4n) is 1.69. The van der Waals surface area contributed by atoms with Gasteiger partial charge in [-0.3, -0.25) is 19.7 Å². The van der Waals surface area contributed by atoms with Crippen LogP contribution in [0.1, 0.15) is 17.5 Å². The zero-order valence-corrected chi connectivity index (χ0v) is 9.69. The number of hydrogen-bond donors (Lipinski definition) is 2. The lowest BCUT2D eigenvalue weighted by atomic mass is 10.00. The Bertz CT molecular complexity index is 565. The van der Waals surface area contributed by atoms with E-state index in [2.05, 4.69) is 5.32 Å². The third kappa shape index (κ3) is 2.29. The number of phenols is 1. The summed E-state index contributed by atoms with van der Waals surface area (Å²) in [5.41, 5.74) is 1.22. The molecular weight excluding hydrogens is 234 g/mol. The number of piperidine rings is 1. The van der Waals surface area contributed by atoms with Crippen LogP contribution in [0, 0.1) is 6.92 Å². The quantitative estimate of drug-likeness (QED) is 0.330. The molecule has 1 aliphatic heterocycles. The lowest BCUT2D eigenvalue weighted by Crippen LogP contribution is -2.40. The second-order valence-electron chi connectivity index (χ2n) is 4.08. The Morgan fingerprint density at radius 2 is 2.00 bits per heavy atom. The molecule has 1 aromatic rings. The number of carbonyl (C=O) groups excluding carboxylic acids is 3. The van der Waals surface area contributed by atoms with Crippen LogP contribution >= 0.6 is 0 Å². The van der Waals surface area contributed by atoms with Gasteiger partial charge in [0, 0.05) is 0 Å². The van der Waals surface area contributed by atoms with E-state index in [1.165, 1.54) is 12.1 Å². The number of aryl methyl sites for hydroxylation is 1. The summed E-state index contributed by atoms with van der Waals surface area (Å²) in [6.07, 6.45) is 1.10. The summed E-state index contributed by atoms with van der Waals surface area (Å²) in [6, 6.07) is 4.73. The Balaban J connectivity index is 2.37. The summed E-state index contributed by atoms with van der Waals surface area (Å²) in [5.74, 6) is -1.60. The number of rotatable bonds is 1. The van der Waals surface area contributed by atoms with Crippen LogP contribution in [0.2, 0.25) is 0 Å². The van der Waals surface area contributed by atoms with Crippen molar-refractivity contribution in [1.82, 2.24) is 5.32 Å². The van der Waals surface area contributed by atoms with E-state index in [9.17, 15) is 19.5 Å². The Hall–Kier alpha value is -2.43. The minimum atomic E-state index is -0.679. The van der Waals surface area contributed by atoms with Crippen molar-refractivity contribution in [2.24, 2.45) is 0 Å². The molecule has 1 aliphatic rings. The van der Waals surface area contributed by atoms with Crippen molar-refractivity contribution >= 4 is 23.7 Å². The fraction of sp³-hybridized carbons (Fsp3) is 0.154. The summed E-state index contributed by atoms with van der Waals surface area (Å²) in [7, 11) is 0. The van der Waals surface area contributed by atoms with Gasteiger partial charge in [-0.15, -0.1) is 0 Å². The molecular formula is C13H11NO4. The van der Waals surface area contributed by atoms with Crippen molar-refractivity contribution in [3.05, 3.63) is 34.9 Å². The van der Waals surface area contributed by atoms with Gasteiger partial charge in [-0.05, 0) is 36.3 Å². The average molecular weight is 245 g/mol. The van der Waals surface area contributed by atoms with Gasteiger partial charge in [0.05, 0.1) is 12.0 Å². The van der Waals surface area contributed by atoms with Crippen LogP contribution in [0.4, 0.5) is 0 Å². The molecule has 1 heterocycles. The van der Waals surface area contributed by atoms with E-state index >= 15 is 0 Å². The van der Waals surface area contributed by atoms with Gasteiger partial charge in [0.1, 0.15) is 5.75 Å². The molecule has 5 heteroatoms. The monoisotopic (exact) mass is 245 g/mol. The first kappa shape index (κ1) is 12.0. The van der Waals surface area contributed by atoms with E-state index < -0.39 is 17.6 Å². The van der Waals surface area contributed by atoms with E-state index in [1.807, 2.05) is 0 Å². The number of benzene rings is 1. The minimum absolute atomic E-state index is 0.0420. The van der Waals surface area contributed by atoms with Crippen LogP contribution in [0.5, 0.6) is 5.75 Å². The second kappa shape index (κ2) is 4.44. The number of imide groups is 1. The van der Waals surface area contributed by atoms with Crippen LogP contribution in [0.3, 0.4) is 0 Å². The first-order chi connectivity index (χ1) is 8.47. The Kier molecular flexibility index (Phi) is 2.97. The zero-order valence-electron chi connectivity index (χ0n) is 9.69. The van der Waals surface area contributed by atoms with Crippen molar-refractivity contribution in [2.75, 3.05) is 0 Å². The number of carbonyl (C=O) groups is 3. The lowest BCUT2D eigenvalue weighted by molar-refractivity contribution is -0.134. The highest BCUT2D eigenvalue weighted by Crippen LogP contribution is 2.20. The van der Waals surface area contributed by atoms with Crippen LogP contribution in [-0.2, 0) is 14.4 Å². The van der Waals surface area contributed by atoms with Gasteiger partial charge in [-0.1, -0.05) is 6.07 Å². The number of nitrogens with one attached hydrogen (secondary N) is 1. The normalized spacial score (nSPS) is 18.1. The molecule has 0 aliphatic carbocycles. The van der Waals surface area contributed by atoms with Crippen LogP contribution in [0.25, 0.3) is 6.08 Å². The number of aromatic hydroxyl groups is 1. The molecule has 92 valence electrons. The average Bonchev–Trinajstić information content (AvgIpc) is 2.28. The van der Waals surface area contributed by atoms with Crippen molar-refractivity contribution in [2.45, 2.75) is 13.3 Å². The first-order valence-electron chi connectivity index (χ1n) is 5.36. The molecule has 2 N–H and O–H groups in total. The maximum Gasteiger partial charge on any atom is 0.261 e. The Morgan fingerprint density at radius 3 is 2.61 bits per heavy atom. The van der Waals surface area contributed by atoms with Gasteiger partial charge in [-0.2, -0.15) is 0 Å². The van der Waals surface area contributed by atoms with Gasteiger partial charge in [0.2, 0.25) is 5.91 Å². The highest BCUT2D eigenvalue weighted by atomic mass is 16.3. The predicted octanol–water partition coefficient (Wildman–Crippen LogP) is 0.700. The van der Waals surface area contributed by atoms with Crippen LogP contribution in [0.15, 0.2) is 23.8 Å². The first-order valence-corrected chi connectivity index (χ1v) is 5.36. The summed E-state index contributed by atoms with van der Waals surface area (Å²) >= 11 is 0. The topological polar surface area (TPSA) is 83.5 Å². The molecule has 2 rings (SSSR count). The third-order valence-electron chi connectivity index (χ3n) is 2.65. The smallest absolute Gasteiger partial charge is 0.261 e. The van der Waals surface area contributed by atoms with Crippen molar-refractivity contribution < 1.29 is 19.5 Å². The molecule has 1 aromatic carbocycles. The molecule has 0 aromatic heterocycles. The highest BCUT2D eigenvalue weighted by Gasteiger charge is 2.28. The molecule has 0 radical (unpaired) electrons. The highest BCUT2D eigenvalue weighted by molar-refractivity contribution is 6.32. The van der Waals surface area contributed by atoms with Gasteiger partial charge >= 0.3 is 0 Å². The summed E-state index contributed by atoms with van der Waals surface area (Å²) < 4.78 is 0. The van der Waals surface area contributed by atoms with Crippen molar-refractivity contribution in [3.8, 4) is 5.75 Å². The molecule has 5 nitrogen and oxygen atoms in total. The molecule has 1 fully saturated rings. The van der Waals surface area contributed by atoms with E-state index in [0.717, 1.165) is 0 Å². The molecule has 2 amide bonds. The van der Waals surface area contributed by atoms with Gasteiger partial charge < -0.3 is 5.11 Å². The van der Waals surface area contributed by atoms with Gasteiger partial charge in [0.25, 0.3) is 5.91 Å². The third-order valence-corrected chi connectivity index (χ3v) is 2.65. The Labute approximate surface area is 103 Å². The Morgan fingerprint density at radius 1 is 1.28 bits per heavy atom. The van der Waals surface area contributed by atoms with Gasteiger partial charge in [0.15, 0.2) is 5.78 Å². The molecule has 0 atom stereocenters. The second-order valence-corrected chi connectivity index (χ2v) is 4.08. The predicted molar refractivity (Wildman–Crippen MR) is 63.6 cm³/mol. The molecule has 18 heavy (non-hydrogen) atoms. The van der Waals surface area contributed by atoms with Gasteiger partial charge in [-0.25, -0.2) is 0 Å². The van der Waals surface area contributed by atoms with Crippen molar-refractivity contribution in [3.63, 3.8) is 0 Å². The molecule has 0 saturated carbocycles. The molecule has 0 bridgehead atoms. The summed E-state index contributed by atoms with van der Waals surface area (Å²) in [6.45, 7) is 1.71. The number of amides is 2. The van der Waals surface area contributed by atoms with E-state index in [4.69, 9.17) is 0 Å². The standard InChI is InChI=1S/C13H11NO4/c1-7-4-8(2-3-10(7)15)5-9-11(16)6-12(17)14-13(9)18/h2-5,15H,6H2,1H3,(H,14,17,18)/b9-5+. The fourth-order valence-corrected chi connectivity index (χ4v) is 1.69. The summed E-state index contributed by atoms with van der Waals surface area (Å²) in [5, 5.41) is 11.5. The largest absolute Gasteiger partial charge is 0.508 e. The maximum absolute atomic E-state index is 11.6. The SMILES string of the molecule is Cc1cc(/C=C2\C(=O)CC(=O)NC2=O)ccc1O. The van der Waals surface area contributed by atoms with Crippen molar-refractivity contribution in [1.29, 1.82) is 0 Å². The van der Waals surface area contributed by atoms with Crippen LogP contribution < -0.4 is 5.32 Å². The number of hydrogen-bond acceptors (Lipinski definition) is 4. The summed E-state index contributed by atoms with van der Waals surface area (Å²) in [4.78, 5) is 34.0. The van der Waals surface area contributed by atoms with Crippen LogP contribution in [-0.4, -0.2) is 22.7 Å².